The quantitative estimate of drug-likeness (QED) is 0.398. The minimum absolute atomic E-state index is 0.149. The van der Waals surface area contributed by atoms with Crippen molar-refractivity contribution in [3.63, 3.8) is 0 Å². The van der Waals surface area contributed by atoms with Crippen molar-refractivity contribution in [1.82, 2.24) is 14.8 Å². The predicted molar refractivity (Wildman–Crippen MR) is 107 cm³/mol. The largest absolute Gasteiger partial charge is 0.354 e. The van der Waals surface area contributed by atoms with Gasteiger partial charge < -0.3 is 4.98 Å². The average molecular weight is 389 g/mol. The molecule has 0 radical (unpaired) electrons. The Labute approximate surface area is 166 Å². The summed E-state index contributed by atoms with van der Waals surface area (Å²) in [6.07, 6.45) is 0.535. The zero-order valence-electron chi connectivity index (χ0n) is 15.8. The Bertz CT molecular complexity index is 1130. The summed E-state index contributed by atoms with van der Waals surface area (Å²) in [6.45, 7) is 1.47. The number of imide groups is 2. The molecule has 1 aliphatic heterocycles. The van der Waals surface area contributed by atoms with Crippen LogP contribution in [0.3, 0.4) is 0 Å². The zero-order chi connectivity index (χ0) is 20.5. The molecule has 2 aromatic carbocycles. The van der Waals surface area contributed by atoms with Gasteiger partial charge in [0.15, 0.2) is 5.78 Å². The summed E-state index contributed by atoms with van der Waals surface area (Å²) in [5.74, 6) is -2.25. The van der Waals surface area contributed by atoms with E-state index in [0.717, 1.165) is 20.9 Å². The second-order valence-electron chi connectivity index (χ2n) is 6.84. The minimum Gasteiger partial charge on any atom is -0.354 e. The topological polar surface area (TPSA) is 90.6 Å². The number of carbonyl (C=O) groups is 4. The van der Waals surface area contributed by atoms with E-state index in [4.69, 9.17) is 0 Å². The van der Waals surface area contributed by atoms with Crippen LogP contribution in [0.2, 0.25) is 0 Å². The molecule has 0 bridgehead atoms. The number of urea groups is 1. The van der Waals surface area contributed by atoms with Gasteiger partial charge in [-0.15, -0.1) is 0 Å². The molecule has 4 amide bonds. The molecule has 1 saturated heterocycles. The first-order valence-corrected chi connectivity index (χ1v) is 9.39. The number of amides is 4. The normalized spacial score (nSPS) is 14.3. The molecule has 29 heavy (non-hydrogen) atoms. The van der Waals surface area contributed by atoms with Gasteiger partial charge in [0.25, 0.3) is 0 Å². The molecule has 0 aliphatic carbocycles. The third-order valence-electron chi connectivity index (χ3n) is 4.93. The summed E-state index contributed by atoms with van der Waals surface area (Å²) < 4.78 is 0. The van der Waals surface area contributed by atoms with Gasteiger partial charge in [-0.25, -0.2) is 9.69 Å². The van der Waals surface area contributed by atoms with E-state index < -0.39 is 30.2 Å². The molecule has 146 valence electrons. The van der Waals surface area contributed by atoms with E-state index in [1.807, 2.05) is 54.6 Å². The molecule has 2 heterocycles. The first kappa shape index (κ1) is 18.6. The summed E-state index contributed by atoms with van der Waals surface area (Å²) in [5, 5.41) is 0.701. The van der Waals surface area contributed by atoms with Gasteiger partial charge in [-0.2, -0.15) is 0 Å². The third-order valence-corrected chi connectivity index (χ3v) is 4.93. The summed E-state index contributed by atoms with van der Waals surface area (Å²) in [7, 11) is 0. The van der Waals surface area contributed by atoms with Crippen molar-refractivity contribution in [3.05, 3.63) is 60.2 Å². The lowest BCUT2D eigenvalue weighted by atomic mass is 10.0. The van der Waals surface area contributed by atoms with Crippen molar-refractivity contribution < 1.29 is 19.2 Å². The van der Waals surface area contributed by atoms with Crippen LogP contribution in [0.1, 0.15) is 23.7 Å². The lowest BCUT2D eigenvalue weighted by Gasteiger charge is -2.14. The minimum atomic E-state index is -0.960. The third kappa shape index (κ3) is 3.10. The van der Waals surface area contributed by atoms with Crippen LogP contribution in [0.4, 0.5) is 4.79 Å². The van der Waals surface area contributed by atoms with Crippen molar-refractivity contribution in [2.75, 3.05) is 13.1 Å². The predicted octanol–water partition coefficient (Wildman–Crippen LogP) is 3.22. The van der Waals surface area contributed by atoms with Gasteiger partial charge in [-0.1, -0.05) is 55.5 Å². The van der Waals surface area contributed by atoms with Gasteiger partial charge in [0.2, 0.25) is 0 Å². The molecule has 1 aliphatic rings. The summed E-state index contributed by atoms with van der Waals surface area (Å²) in [5.41, 5.74) is 2.61. The molecule has 0 atom stereocenters. The molecule has 0 unspecified atom stereocenters. The Balaban J connectivity index is 1.74. The van der Waals surface area contributed by atoms with Crippen molar-refractivity contribution in [1.29, 1.82) is 0 Å². The molecule has 4 rings (SSSR count). The highest BCUT2D eigenvalue weighted by atomic mass is 16.2. The maximum atomic E-state index is 13.2. The maximum absolute atomic E-state index is 13.2. The molecule has 7 nitrogen and oxygen atoms in total. The van der Waals surface area contributed by atoms with Crippen molar-refractivity contribution >= 4 is 34.5 Å². The van der Waals surface area contributed by atoms with Gasteiger partial charge in [-0.05, 0) is 18.1 Å². The van der Waals surface area contributed by atoms with E-state index in [2.05, 4.69) is 4.98 Å². The van der Waals surface area contributed by atoms with Gasteiger partial charge in [-0.3, -0.25) is 19.3 Å². The number of fused-ring (bicyclic) bond motifs is 1. The fourth-order valence-corrected chi connectivity index (χ4v) is 3.59. The number of hydrogen-bond donors (Lipinski definition) is 1. The van der Waals surface area contributed by atoms with E-state index >= 15 is 0 Å². The number of carbonyl (C=O) groups excluding carboxylic acids is 4. The van der Waals surface area contributed by atoms with Crippen LogP contribution >= 0.6 is 0 Å². The lowest BCUT2D eigenvalue weighted by Crippen LogP contribution is -2.37. The SMILES string of the molecule is CCCN1C(=O)C(=O)N(CC(=O)c2c(-c3ccccc3)[nH]c3ccccc23)C1=O. The summed E-state index contributed by atoms with van der Waals surface area (Å²) >= 11 is 0. The number of benzene rings is 2. The number of nitrogens with zero attached hydrogens (tertiary/aromatic N) is 2. The van der Waals surface area contributed by atoms with Crippen LogP contribution in [-0.2, 0) is 9.59 Å². The maximum Gasteiger partial charge on any atom is 0.334 e. The van der Waals surface area contributed by atoms with Gasteiger partial charge >= 0.3 is 17.8 Å². The highest BCUT2D eigenvalue weighted by Gasteiger charge is 2.45. The summed E-state index contributed by atoms with van der Waals surface area (Å²) in [4.78, 5) is 55.0. The van der Waals surface area contributed by atoms with Crippen molar-refractivity contribution in [2.24, 2.45) is 0 Å². The Morgan fingerprint density at radius 2 is 1.55 bits per heavy atom. The number of rotatable bonds is 6. The highest BCUT2D eigenvalue weighted by molar-refractivity contribution is 6.45. The van der Waals surface area contributed by atoms with E-state index in [-0.39, 0.29) is 6.54 Å². The molecular weight excluding hydrogens is 370 g/mol. The standard InChI is InChI=1S/C22H19N3O4/c1-2-12-24-20(27)21(28)25(22(24)29)13-17(26)18-15-10-6-7-11-16(15)23-19(18)14-8-4-3-5-9-14/h3-11,23H,2,12-13H2,1H3. The second-order valence-corrected chi connectivity index (χ2v) is 6.84. The molecule has 3 aromatic rings. The van der Waals surface area contributed by atoms with Crippen LogP contribution in [0, 0.1) is 0 Å². The van der Waals surface area contributed by atoms with Gasteiger partial charge in [0, 0.05) is 17.4 Å². The van der Waals surface area contributed by atoms with E-state index in [1.54, 1.807) is 6.92 Å². The van der Waals surface area contributed by atoms with Crippen LogP contribution in [-0.4, -0.2) is 51.5 Å². The van der Waals surface area contributed by atoms with Crippen LogP contribution < -0.4 is 0 Å². The number of para-hydroxylation sites is 1. The van der Waals surface area contributed by atoms with E-state index in [1.165, 1.54) is 0 Å². The van der Waals surface area contributed by atoms with E-state index in [9.17, 15) is 19.2 Å². The molecule has 7 heteroatoms. The monoisotopic (exact) mass is 389 g/mol. The Kier molecular flexibility index (Phi) is 4.72. The van der Waals surface area contributed by atoms with Crippen molar-refractivity contribution in [2.45, 2.75) is 13.3 Å². The van der Waals surface area contributed by atoms with E-state index in [0.29, 0.717) is 23.1 Å². The Morgan fingerprint density at radius 3 is 2.28 bits per heavy atom. The fourth-order valence-electron chi connectivity index (χ4n) is 3.59. The van der Waals surface area contributed by atoms with Crippen LogP contribution in [0.25, 0.3) is 22.2 Å². The lowest BCUT2D eigenvalue weighted by molar-refractivity contribution is -0.143. The number of aromatic amines is 1. The average Bonchev–Trinajstić information content (AvgIpc) is 3.22. The molecule has 0 saturated carbocycles. The Hall–Kier alpha value is -3.74. The first-order valence-electron chi connectivity index (χ1n) is 9.39. The van der Waals surface area contributed by atoms with Crippen LogP contribution in [0.5, 0.6) is 0 Å². The fraction of sp³-hybridized carbons (Fsp3) is 0.182. The molecule has 1 fully saturated rings. The van der Waals surface area contributed by atoms with Crippen molar-refractivity contribution in [3.8, 4) is 11.3 Å². The second kappa shape index (κ2) is 7.35. The van der Waals surface area contributed by atoms with Gasteiger partial charge in [0.1, 0.15) is 0 Å². The highest BCUT2D eigenvalue weighted by Crippen LogP contribution is 2.31. The zero-order valence-corrected chi connectivity index (χ0v) is 15.8. The number of hydrogen-bond acceptors (Lipinski definition) is 4. The first-order chi connectivity index (χ1) is 14.0. The molecule has 1 aromatic heterocycles. The summed E-state index contributed by atoms with van der Waals surface area (Å²) in [6, 6.07) is 16.0. The Morgan fingerprint density at radius 1 is 0.897 bits per heavy atom. The number of nitrogens with one attached hydrogen (secondary N) is 1. The molecular formula is C22H19N3O4. The molecule has 1 N–H and O–H groups in total. The number of ketones is 1. The number of aromatic nitrogens is 1. The molecule has 0 spiro atoms. The smallest absolute Gasteiger partial charge is 0.334 e. The van der Waals surface area contributed by atoms with Gasteiger partial charge in [0.05, 0.1) is 17.8 Å². The number of H-pyrrole nitrogens is 1. The van der Waals surface area contributed by atoms with Crippen LogP contribution in [0.15, 0.2) is 54.6 Å². The number of Topliss-reactive ketones (excluding diaryl/α,β-unsaturated/α-hetero) is 1.